The van der Waals surface area contributed by atoms with Crippen LogP contribution in [0.2, 0.25) is 0 Å². The molecular formula is C6H9N3O5S. The van der Waals surface area contributed by atoms with Crippen LogP contribution in [0.25, 0.3) is 0 Å². The summed E-state index contributed by atoms with van der Waals surface area (Å²) in [5.74, 6) is -1.39. The third kappa shape index (κ3) is 4.06. The van der Waals surface area contributed by atoms with Gasteiger partial charge in [-0.2, -0.15) is 13.1 Å². The smallest absolute Gasteiger partial charge is 0.334 e. The molecule has 1 heterocycles. The van der Waals surface area contributed by atoms with E-state index < -0.39 is 22.3 Å². The van der Waals surface area contributed by atoms with Crippen molar-refractivity contribution in [1.82, 2.24) is 14.7 Å². The minimum Gasteiger partial charge on any atom is -0.480 e. The first kappa shape index (κ1) is 11.6. The number of aromatic amines is 1. The van der Waals surface area contributed by atoms with Gasteiger partial charge in [0.2, 0.25) is 0 Å². The highest BCUT2D eigenvalue weighted by atomic mass is 32.2. The summed E-state index contributed by atoms with van der Waals surface area (Å²) in [6.07, 6.45) is 2.57. The molecule has 15 heavy (non-hydrogen) atoms. The van der Waals surface area contributed by atoms with E-state index in [0.29, 0.717) is 5.69 Å². The summed E-state index contributed by atoms with van der Waals surface area (Å²) in [5.41, 5.74) is 0.443. The molecule has 9 heteroatoms. The monoisotopic (exact) mass is 235 g/mol. The standard InChI is InChI=1S/C6H9N3O5S/c10-6(11)5(9-15(12,13)14)1-4-2-7-3-8-4/h2-3,5,9H,1H2,(H,7,8)(H,10,11)(H,12,13,14). The van der Waals surface area contributed by atoms with Crippen molar-refractivity contribution >= 4 is 16.3 Å². The number of nitrogens with zero attached hydrogens (tertiary/aromatic N) is 1. The molecule has 1 atom stereocenters. The second-order valence-corrected chi connectivity index (χ2v) is 3.95. The number of hydrogen-bond donors (Lipinski definition) is 4. The Morgan fingerprint density at radius 1 is 1.67 bits per heavy atom. The number of H-pyrrole nitrogens is 1. The molecule has 1 aromatic rings. The van der Waals surface area contributed by atoms with Crippen molar-refractivity contribution in [3.05, 3.63) is 18.2 Å². The van der Waals surface area contributed by atoms with Crippen molar-refractivity contribution in [1.29, 1.82) is 0 Å². The van der Waals surface area contributed by atoms with E-state index in [1.54, 1.807) is 4.72 Å². The minimum absolute atomic E-state index is 0.130. The molecule has 0 aliphatic rings. The summed E-state index contributed by atoms with van der Waals surface area (Å²) in [6, 6.07) is -1.43. The molecule has 84 valence electrons. The summed E-state index contributed by atoms with van der Waals surface area (Å²) < 4.78 is 30.9. The van der Waals surface area contributed by atoms with Crippen LogP contribution in [0.3, 0.4) is 0 Å². The number of carbonyl (C=O) groups is 1. The molecule has 0 saturated heterocycles. The molecule has 0 aliphatic heterocycles. The van der Waals surface area contributed by atoms with Crippen molar-refractivity contribution in [3.63, 3.8) is 0 Å². The number of imidazole rings is 1. The minimum atomic E-state index is -4.54. The average Bonchev–Trinajstić information content (AvgIpc) is 2.52. The van der Waals surface area contributed by atoms with Crippen molar-refractivity contribution in [2.75, 3.05) is 0 Å². The van der Waals surface area contributed by atoms with Gasteiger partial charge in [0.15, 0.2) is 0 Å². The van der Waals surface area contributed by atoms with Crippen LogP contribution in [-0.2, 0) is 21.5 Å². The Morgan fingerprint density at radius 3 is 2.73 bits per heavy atom. The van der Waals surface area contributed by atoms with Gasteiger partial charge in [-0.15, -0.1) is 0 Å². The first-order chi connectivity index (χ1) is 6.88. The van der Waals surface area contributed by atoms with Gasteiger partial charge in [0.1, 0.15) is 6.04 Å². The third-order valence-electron chi connectivity index (χ3n) is 1.57. The lowest BCUT2D eigenvalue weighted by Gasteiger charge is -2.10. The van der Waals surface area contributed by atoms with Crippen LogP contribution in [0.1, 0.15) is 5.69 Å². The summed E-state index contributed by atoms with van der Waals surface area (Å²) in [5, 5.41) is 8.66. The lowest BCUT2D eigenvalue weighted by molar-refractivity contribution is -0.139. The highest BCUT2D eigenvalue weighted by Gasteiger charge is 2.23. The molecule has 0 fully saturated rings. The van der Waals surface area contributed by atoms with Crippen LogP contribution < -0.4 is 4.72 Å². The van der Waals surface area contributed by atoms with Gasteiger partial charge >= 0.3 is 16.3 Å². The maximum Gasteiger partial charge on any atom is 0.334 e. The van der Waals surface area contributed by atoms with Gasteiger partial charge in [-0.1, -0.05) is 0 Å². The van der Waals surface area contributed by atoms with E-state index in [2.05, 4.69) is 9.97 Å². The normalized spacial score (nSPS) is 13.7. The number of carboxylic acid groups (broad SMARTS) is 1. The van der Waals surface area contributed by atoms with E-state index in [9.17, 15) is 13.2 Å². The summed E-state index contributed by atoms with van der Waals surface area (Å²) in [7, 11) is -4.54. The number of rotatable bonds is 5. The molecule has 1 rings (SSSR count). The fourth-order valence-electron chi connectivity index (χ4n) is 0.975. The first-order valence-electron chi connectivity index (χ1n) is 3.83. The van der Waals surface area contributed by atoms with Gasteiger partial charge in [0.25, 0.3) is 0 Å². The number of carboxylic acids is 1. The van der Waals surface area contributed by atoms with Crippen LogP contribution in [0.5, 0.6) is 0 Å². The quantitative estimate of drug-likeness (QED) is 0.474. The largest absolute Gasteiger partial charge is 0.480 e. The van der Waals surface area contributed by atoms with Gasteiger partial charge in [-0.05, 0) is 0 Å². The molecular weight excluding hydrogens is 226 g/mol. The summed E-state index contributed by atoms with van der Waals surface area (Å²) in [6.45, 7) is 0. The van der Waals surface area contributed by atoms with Crippen LogP contribution in [0.15, 0.2) is 12.5 Å². The summed E-state index contributed by atoms with van der Waals surface area (Å²) >= 11 is 0. The van der Waals surface area contributed by atoms with E-state index in [1.165, 1.54) is 12.5 Å². The Hall–Kier alpha value is -1.45. The Kier molecular flexibility index (Phi) is 3.39. The van der Waals surface area contributed by atoms with E-state index in [0.717, 1.165) is 0 Å². The molecule has 0 aromatic carbocycles. The predicted molar refractivity (Wildman–Crippen MR) is 48.4 cm³/mol. The van der Waals surface area contributed by atoms with Crippen LogP contribution in [0.4, 0.5) is 0 Å². The van der Waals surface area contributed by atoms with Crippen molar-refractivity contribution in [2.45, 2.75) is 12.5 Å². The van der Waals surface area contributed by atoms with Gasteiger partial charge < -0.3 is 10.1 Å². The lowest BCUT2D eigenvalue weighted by Crippen LogP contribution is -2.41. The molecule has 1 unspecified atom stereocenters. The zero-order valence-corrected chi connectivity index (χ0v) is 8.23. The van der Waals surface area contributed by atoms with Gasteiger partial charge in [0.05, 0.1) is 6.33 Å². The van der Waals surface area contributed by atoms with Crippen LogP contribution in [-0.4, -0.2) is 40.1 Å². The maximum absolute atomic E-state index is 10.6. The Balaban J connectivity index is 2.72. The zero-order valence-electron chi connectivity index (χ0n) is 7.41. The molecule has 1 aromatic heterocycles. The number of aliphatic carboxylic acids is 1. The van der Waals surface area contributed by atoms with Crippen molar-refractivity contribution in [3.8, 4) is 0 Å². The Bertz CT molecular complexity index is 426. The average molecular weight is 235 g/mol. The fraction of sp³-hybridized carbons (Fsp3) is 0.333. The number of hydrogen-bond acceptors (Lipinski definition) is 4. The highest BCUT2D eigenvalue weighted by molar-refractivity contribution is 7.83. The highest BCUT2D eigenvalue weighted by Crippen LogP contribution is 1.99. The number of aromatic nitrogens is 2. The van der Waals surface area contributed by atoms with Gasteiger partial charge in [-0.25, -0.2) is 4.98 Å². The second kappa shape index (κ2) is 4.38. The molecule has 4 N–H and O–H groups in total. The second-order valence-electron chi connectivity index (χ2n) is 2.76. The van der Waals surface area contributed by atoms with E-state index >= 15 is 0 Å². The van der Waals surface area contributed by atoms with Crippen molar-refractivity contribution < 1.29 is 22.9 Å². The molecule has 0 amide bonds. The molecule has 0 saturated carbocycles. The van der Waals surface area contributed by atoms with Crippen LogP contribution in [0, 0.1) is 0 Å². The maximum atomic E-state index is 10.6. The molecule has 0 aliphatic carbocycles. The SMILES string of the molecule is O=C(O)C(Cc1cnc[nH]1)NS(=O)(=O)O. The lowest BCUT2D eigenvalue weighted by atomic mass is 10.2. The fourth-order valence-corrected chi connectivity index (χ4v) is 1.52. The van der Waals surface area contributed by atoms with E-state index in [4.69, 9.17) is 9.66 Å². The molecule has 0 bridgehead atoms. The van der Waals surface area contributed by atoms with Gasteiger partial charge in [0, 0.05) is 18.3 Å². The topological polar surface area (TPSA) is 132 Å². The molecule has 8 nitrogen and oxygen atoms in total. The van der Waals surface area contributed by atoms with E-state index in [1.807, 2.05) is 0 Å². The predicted octanol–water partition coefficient (Wildman–Crippen LogP) is -1.20. The molecule has 0 spiro atoms. The first-order valence-corrected chi connectivity index (χ1v) is 5.27. The van der Waals surface area contributed by atoms with Gasteiger partial charge in [-0.3, -0.25) is 9.35 Å². The third-order valence-corrected chi connectivity index (χ3v) is 2.15. The molecule has 0 radical (unpaired) electrons. The zero-order chi connectivity index (χ0) is 11.5. The van der Waals surface area contributed by atoms with E-state index in [-0.39, 0.29) is 6.42 Å². The Labute approximate surface area is 85.2 Å². The Morgan fingerprint density at radius 2 is 2.33 bits per heavy atom. The van der Waals surface area contributed by atoms with Crippen LogP contribution >= 0.6 is 0 Å². The van der Waals surface area contributed by atoms with Crippen molar-refractivity contribution in [2.24, 2.45) is 0 Å². The summed E-state index contributed by atoms with van der Waals surface area (Å²) in [4.78, 5) is 16.9. The number of nitrogens with one attached hydrogen (secondary N) is 2.